The molecular formula is C17H21NO. The molecule has 2 rings (SSSR count). The fraction of sp³-hybridized carbons (Fsp3) is 0.294. The van der Waals surface area contributed by atoms with Crippen molar-refractivity contribution in [3.63, 3.8) is 0 Å². The topological polar surface area (TPSA) is 21.3 Å². The molecule has 0 bridgehead atoms. The highest BCUT2D eigenvalue weighted by Gasteiger charge is 2.00. The van der Waals surface area contributed by atoms with Crippen molar-refractivity contribution >= 4 is 0 Å². The van der Waals surface area contributed by atoms with Gasteiger partial charge in [-0.3, -0.25) is 0 Å². The van der Waals surface area contributed by atoms with Crippen LogP contribution >= 0.6 is 0 Å². The Morgan fingerprint density at radius 3 is 2.32 bits per heavy atom. The van der Waals surface area contributed by atoms with Gasteiger partial charge in [-0.1, -0.05) is 54.6 Å². The van der Waals surface area contributed by atoms with Crippen molar-refractivity contribution < 1.29 is 4.74 Å². The minimum absolute atomic E-state index is 0.689. The van der Waals surface area contributed by atoms with Crippen molar-refractivity contribution in [1.82, 2.24) is 5.32 Å². The molecule has 2 aromatic carbocycles. The van der Waals surface area contributed by atoms with Gasteiger partial charge in [-0.25, -0.2) is 0 Å². The van der Waals surface area contributed by atoms with E-state index in [1.165, 1.54) is 16.7 Å². The van der Waals surface area contributed by atoms with Crippen LogP contribution < -0.4 is 5.32 Å². The summed E-state index contributed by atoms with van der Waals surface area (Å²) < 4.78 is 5.22. The molecule has 2 aromatic rings. The molecule has 19 heavy (non-hydrogen) atoms. The van der Waals surface area contributed by atoms with E-state index in [4.69, 9.17) is 4.74 Å². The lowest BCUT2D eigenvalue weighted by atomic mass is 10.1. The SMILES string of the molecule is COCc1ccccc1CCNCc1ccccc1. The lowest BCUT2D eigenvalue weighted by molar-refractivity contribution is 0.184. The first-order valence-corrected chi connectivity index (χ1v) is 6.70. The van der Waals surface area contributed by atoms with Crippen LogP contribution in [0.25, 0.3) is 0 Å². The van der Waals surface area contributed by atoms with Crippen LogP contribution in [-0.4, -0.2) is 13.7 Å². The first-order valence-electron chi connectivity index (χ1n) is 6.70. The Hall–Kier alpha value is -1.64. The number of hydrogen-bond donors (Lipinski definition) is 1. The molecule has 0 fully saturated rings. The summed E-state index contributed by atoms with van der Waals surface area (Å²) in [4.78, 5) is 0. The molecule has 0 spiro atoms. The molecule has 0 aliphatic rings. The van der Waals surface area contributed by atoms with Gasteiger partial charge >= 0.3 is 0 Å². The van der Waals surface area contributed by atoms with Crippen molar-refractivity contribution in [3.8, 4) is 0 Å². The maximum absolute atomic E-state index is 5.22. The minimum atomic E-state index is 0.689. The Balaban J connectivity index is 1.79. The third-order valence-electron chi connectivity index (χ3n) is 3.16. The highest BCUT2D eigenvalue weighted by molar-refractivity contribution is 5.26. The maximum Gasteiger partial charge on any atom is 0.0715 e. The van der Waals surface area contributed by atoms with E-state index in [1.807, 2.05) is 6.07 Å². The second kappa shape index (κ2) is 7.72. The monoisotopic (exact) mass is 255 g/mol. The van der Waals surface area contributed by atoms with Crippen LogP contribution in [0.1, 0.15) is 16.7 Å². The average molecular weight is 255 g/mol. The van der Waals surface area contributed by atoms with Crippen LogP contribution in [0.15, 0.2) is 54.6 Å². The van der Waals surface area contributed by atoms with Crippen LogP contribution in [-0.2, 0) is 24.3 Å². The molecule has 100 valence electrons. The van der Waals surface area contributed by atoms with Crippen LogP contribution in [0.2, 0.25) is 0 Å². The number of methoxy groups -OCH3 is 1. The first-order chi connectivity index (χ1) is 9.40. The van der Waals surface area contributed by atoms with Crippen LogP contribution in [0, 0.1) is 0 Å². The number of rotatable bonds is 7. The van der Waals surface area contributed by atoms with Crippen LogP contribution in [0.4, 0.5) is 0 Å². The van der Waals surface area contributed by atoms with Crippen molar-refractivity contribution in [2.24, 2.45) is 0 Å². The number of nitrogens with one attached hydrogen (secondary N) is 1. The van der Waals surface area contributed by atoms with E-state index >= 15 is 0 Å². The summed E-state index contributed by atoms with van der Waals surface area (Å²) in [5.74, 6) is 0. The zero-order valence-electron chi connectivity index (χ0n) is 11.4. The highest BCUT2D eigenvalue weighted by atomic mass is 16.5. The summed E-state index contributed by atoms with van der Waals surface area (Å²) in [6, 6.07) is 19.0. The van der Waals surface area contributed by atoms with Gasteiger partial charge in [0, 0.05) is 13.7 Å². The van der Waals surface area contributed by atoms with Crippen LogP contribution in [0.3, 0.4) is 0 Å². The Morgan fingerprint density at radius 1 is 0.895 bits per heavy atom. The largest absolute Gasteiger partial charge is 0.380 e. The Bertz CT molecular complexity index is 482. The Morgan fingerprint density at radius 2 is 1.58 bits per heavy atom. The van der Waals surface area contributed by atoms with Gasteiger partial charge in [-0.2, -0.15) is 0 Å². The van der Waals surface area contributed by atoms with E-state index in [0.29, 0.717) is 6.61 Å². The predicted molar refractivity (Wildman–Crippen MR) is 79.0 cm³/mol. The summed E-state index contributed by atoms with van der Waals surface area (Å²) in [5, 5.41) is 3.48. The van der Waals surface area contributed by atoms with Gasteiger partial charge in [-0.15, -0.1) is 0 Å². The molecule has 0 amide bonds. The standard InChI is InChI=1S/C17H21NO/c1-19-14-17-10-6-5-9-16(17)11-12-18-13-15-7-3-2-4-8-15/h2-10,18H,11-14H2,1H3. The summed E-state index contributed by atoms with van der Waals surface area (Å²) in [6.45, 7) is 2.60. The molecule has 0 heterocycles. The zero-order valence-corrected chi connectivity index (χ0v) is 11.4. The molecule has 0 aromatic heterocycles. The van der Waals surface area contributed by atoms with Gasteiger partial charge in [0.1, 0.15) is 0 Å². The van der Waals surface area contributed by atoms with Gasteiger partial charge < -0.3 is 10.1 Å². The zero-order chi connectivity index (χ0) is 13.3. The van der Waals surface area contributed by atoms with E-state index in [2.05, 4.69) is 53.8 Å². The summed E-state index contributed by atoms with van der Waals surface area (Å²) in [6.07, 6.45) is 1.03. The fourth-order valence-corrected chi connectivity index (χ4v) is 2.15. The molecule has 2 heteroatoms. The van der Waals surface area contributed by atoms with E-state index in [0.717, 1.165) is 19.5 Å². The van der Waals surface area contributed by atoms with Crippen molar-refractivity contribution in [1.29, 1.82) is 0 Å². The van der Waals surface area contributed by atoms with Crippen molar-refractivity contribution in [2.75, 3.05) is 13.7 Å². The molecule has 2 nitrogen and oxygen atoms in total. The Kier molecular flexibility index (Phi) is 5.60. The quantitative estimate of drug-likeness (QED) is 0.767. The highest BCUT2D eigenvalue weighted by Crippen LogP contribution is 2.10. The van der Waals surface area contributed by atoms with Gasteiger partial charge in [0.05, 0.1) is 6.61 Å². The molecule has 1 N–H and O–H groups in total. The molecule has 0 atom stereocenters. The van der Waals surface area contributed by atoms with Crippen LogP contribution in [0.5, 0.6) is 0 Å². The third kappa shape index (κ3) is 4.51. The lowest BCUT2D eigenvalue weighted by Gasteiger charge is -2.09. The van der Waals surface area contributed by atoms with E-state index in [1.54, 1.807) is 7.11 Å². The normalized spacial score (nSPS) is 10.6. The fourth-order valence-electron chi connectivity index (χ4n) is 2.15. The molecule has 0 unspecified atom stereocenters. The molecule has 0 saturated carbocycles. The predicted octanol–water partition coefficient (Wildman–Crippen LogP) is 3.17. The second-order valence-electron chi connectivity index (χ2n) is 4.61. The van der Waals surface area contributed by atoms with Gasteiger partial charge in [0.2, 0.25) is 0 Å². The average Bonchev–Trinajstić information content (AvgIpc) is 2.47. The smallest absolute Gasteiger partial charge is 0.0715 e. The van der Waals surface area contributed by atoms with E-state index < -0.39 is 0 Å². The minimum Gasteiger partial charge on any atom is -0.380 e. The molecule has 0 saturated heterocycles. The molecule has 0 aliphatic carbocycles. The number of hydrogen-bond acceptors (Lipinski definition) is 2. The van der Waals surface area contributed by atoms with Gasteiger partial charge in [0.25, 0.3) is 0 Å². The van der Waals surface area contributed by atoms with Gasteiger partial charge in [-0.05, 0) is 29.7 Å². The lowest BCUT2D eigenvalue weighted by Crippen LogP contribution is -2.17. The number of benzene rings is 2. The third-order valence-corrected chi connectivity index (χ3v) is 3.16. The summed E-state index contributed by atoms with van der Waals surface area (Å²) in [7, 11) is 1.74. The summed E-state index contributed by atoms with van der Waals surface area (Å²) >= 11 is 0. The Labute approximate surface area is 115 Å². The second-order valence-corrected chi connectivity index (χ2v) is 4.61. The summed E-state index contributed by atoms with van der Waals surface area (Å²) in [5.41, 5.74) is 3.98. The van der Waals surface area contributed by atoms with Crippen molar-refractivity contribution in [2.45, 2.75) is 19.6 Å². The van der Waals surface area contributed by atoms with Gasteiger partial charge in [0.15, 0.2) is 0 Å². The molecular weight excluding hydrogens is 234 g/mol. The number of ether oxygens (including phenoxy) is 1. The van der Waals surface area contributed by atoms with E-state index in [9.17, 15) is 0 Å². The first kappa shape index (κ1) is 13.8. The molecule has 0 radical (unpaired) electrons. The maximum atomic E-state index is 5.22. The van der Waals surface area contributed by atoms with E-state index in [-0.39, 0.29) is 0 Å². The molecule has 0 aliphatic heterocycles. The van der Waals surface area contributed by atoms with Crippen molar-refractivity contribution in [3.05, 3.63) is 71.3 Å².